The Morgan fingerprint density at radius 2 is 1.44 bits per heavy atom. The van der Waals surface area contributed by atoms with Crippen molar-refractivity contribution in [3.05, 3.63) is 24.3 Å². The van der Waals surface area contributed by atoms with Crippen LogP contribution in [0.1, 0.15) is 12.8 Å². The largest absolute Gasteiger partial charge is 0.198 e. The number of hydrogen-bond donors (Lipinski definition) is 0. The highest BCUT2D eigenvalue weighted by atomic mass is 32.2. The van der Waals surface area contributed by atoms with Crippen LogP contribution in [0.5, 0.6) is 0 Å². The smallest absolute Gasteiger partial charge is 0.0630 e. The summed E-state index contributed by atoms with van der Waals surface area (Å²) in [4.78, 5) is 2.38. The van der Waals surface area contributed by atoms with E-state index >= 15 is 0 Å². The third-order valence-corrected chi connectivity index (χ3v) is 3.76. The second kappa shape index (κ2) is 8.10. The van der Waals surface area contributed by atoms with Crippen LogP contribution < -0.4 is 0 Å². The van der Waals surface area contributed by atoms with Crippen LogP contribution in [0, 0.1) is 22.7 Å². The molecule has 1 aromatic carbocycles. The fraction of sp³-hybridized carbons (Fsp3) is 0.333. The van der Waals surface area contributed by atoms with Gasteiger partial charge in [0.15, 0.2) is 0 Å². The summed E-state index contributed by atoms with van der Waals surface area (Å²) in [6, 6.07) is 12.5. The predicted octanol–water partition coefficient (Wildman–Crippen LogP) is 3.70. The lowest BCUT2D eigenvalue weighted by Crippen LogP contribution is -1.80. The SMILES string of the molecule is N#CCCSc1cccc(SCCC#N)c1. The molecule has 0 aliphatic rings. The quantitative estimate of drug-likeness (QED) is 0.569. The molecular formula is C12H12N2S2. The first kappa shape index (κ1) is 13.0. The van der Waals surface area contributed by atoms with Gasteiger partial charge in [0.05, 0.1) is 12.1 Å². The first-order valence-electron chi connectivity index (χ1n) is 4.96. The third kappa shape index (κ3) is 5.11. The van der Waals surface area contributed by atoms with Crippen molar-refractivity contribution in [1.29, 1.82) is 10.5 Å². The predicted molar refractivity (Wildman–Crippen MR) is 68.4 cm³/mol. The molecule has 0 atom stereocenters. The number of nitrogens with zero attached hydrogens (tertiary/aromatic N) is 2. The highest BCUT2D eigenvalue weighted by molar-refractivity contribution is 8.00. The maximum absolute atomic E-state index is 8.44. The first-order valence-corrected chi connectivity index (χ1v) is 6.93. The van der Waals surface area contributed by atoms with Gasteiger partial charge in [0.2, 0.25) is 0 Å². The van der Waals surface area contributed by atoms with Gasteiger partial charge in [0.25, 0.3) is 0 Å². The van der Waals surface area contributed by atoms with Crippen LogP contribution in [0.25, 0.3) is 0 Å². The Morgan fingerprint density at radius 1 is 0.938 bits per heavy atom. The molecule has 0 unspecified atom stereocenters. The van der Waals surface area contributed by atoms with Gasteiger partial charge < -0.3 is 0 Å². The van der Waals surface area contributed by atoms with Gasteiger partial charge in [-0.1, -0.05) is 6.07 Å². The summed E-state index contributed by atoms with van der Waals surface area (Å²) in [6.07, 6.45) is 1.16. The zero-order chi connectivity index (χ0) is 11.6. The molecule has 1 aromatic rings. The molecule has 0 bridgehead atoms. The van der Waals surface area contributed by atoms with Gasteiger partial charge in [-0.05, 0) is 18.2 Å². The van der Waals surface area contributed by atoms with E-state index in [0.29, 0.717) is 12.8 Å². The van der Waals surface area contributed by atoms with E-state index in [0.717, 1.165) is 11.5 Å². The number of benzene rings is 1. The van der Waals surface area contributed by atoms with Crippen LogP contribution >= 0.6 is 23.5 Å². The van der Waals surface area contributed by atoms with Crippen LogP contribution in [0.4, 0.5) is 0 Å². The molecule has 16 heavy (non-hydrogen) atoms. The number of rotatable bonds is 6. The third-order valence-electron chi connectivity index (χ3n) is 1.77. The maximum Gasteiger partial charge on any atom is 0.0630 e. The number of thioether (sulfide) groups is 2. The molecule has 1 rings (SSSR count). The van der Waals surface area contributed by atoms with E-state index in [1.54, 1.807) is 23.5 Å². The standard InChI is InChI=1S/C12H12N2S2/c13-6-2-8-15-11-4-1-5-12(10-11)16-9-3-7-14/h1,4-5,10H,2-3,8-9H2. The molecule has 0 amide bonds. The minimum Gasteiger partial charge on any atom is -0.198 e. The molecule has 0 saturated carbocycles. The lowest BCUT2D eigenvalue weighted by Gasteiger charge is -2.02. The van der Waals surface area contributed by atoms with Crippen molar-refractivity contribution in [2.75, 3.05) is 11.5 Å². The summed E-state index contributed by atoms with van der Waals surface area (Å²) in [5.74, 6) is 1.67. The topological polar surface area (TPSA) is 47.6 Å². The lowest BCUT2D eigenvalue weighted by atomic mass is 10.4. The summed E-state index contributed by atoms with van der Waals surface area (Å²) in [5.41, 5.74) is 0. The number of nitriles is 2. The maximum atomic E-state index is 8.44. The Bertz CT molecular complexity index is 369. The zero-order valence-electron chi connectivity index (χ0n) is 8.85. The van der Waals surface area contributed by atoms with Crippen molar-refractivity contribution in [1.82, 2.24) is 0 Å². The van der Waals surface area contributed by atoms with E-state index in [-0.39, 0.29) is 0 Å². The van der Waals surface area contributed by atoms with Crippen LogP contribution in [0.2, 0.25) is 0 Å². The normalized spacial score (nSPS) is 9.38. The Hall–Kier alpha value is -1.10. The van der Waals surface area contributed by atoms with E-state index in [1.165, 1.54) is 9.79 Å². The summed E-state index contributed by atoms with van der Waals surface area (Å²) in [5, 5.41) is 16.9. The van der Waals surface area contributed by atoms with Crippen LogP contribution in [0.3, 0.4) is 0 Å². The average Bonchev–Trinajstić information content (AvgIpc) is 2.30. The van der Waals surface area contributed by atoms with Crippen molar-refractivity contribution in [3.8, 4) is 12.1 Å². The van der Waals surface area contributed by atoms with Gasteiger partial charge in [-0.25, -0.2) is 0 Å². The zero-order valence-corrected chi connectivity index (χ0v) is 10.5. The van der Waals surface area contributed by atoms with Gasteiger partial charge in [-0.2, -0.15) is 10.5 Å². The highest BCUT2D eigenvalue weighted by Gasteiger charge is 1.97. The molecule has 4 heteroatoms. The molecule has 0 aromatic heterocycles. The van der Waals surface area contributed by atoms with Crippen molar-refractivity contribution < 1.29 is 0 Å². The summed E-state index contributed by atoms with van der Waals surface area (Å²) >= 11 is 3.40. The summed E-state index contributed by atoms with van der Waals surface area (Å²) in [7, 11) is 0. The van der Waals surface area contributed by atoms with Gasteiger partial charge in [-0.15, -0.1) is 23.5 Å². The van der Waals surface area contributed by atoms with E-state index in [4.69, 9.17) is 10.5 Å². The van der Waals surface area contributed by atoms with Gasteiger partial charge >= 0.3 is 0 Å². The van der Waals surface area contributed by atoms with Crippen LogP contribution in [-0.2, 0) is 0 Å². The molecule has 82 valence electrons. The average molecular weight is 248 g/mol. The van der Waals surface area contributed by atoms with E-state index < -0.39 is 0 Å². The molecule has 0 aliphatic carbocycles. The lowest BCUT2D eigenvalue weighted by molar-refractivity contribution is 1.22. The van der Waals surface area contributed by atoms with Crippen molar-refractivity contribution in [2.24, 2.45) is 0 Å². The minimum absolute atomic E-state index is 0.580. The fourth-order valence-corrected chi connectivity index (χ4v) is 2.79. The monoisotopic (exact) mass is 248 g/mol. The molecule has 0 spiro atoms. The van der Waals surface area contributed by atoms with Crippen molar-refractivity contribution >= 4 is 23.5 Å². The second-order valence-corrected chi connectivity index (χ2v) is 5.32. The Labute approximate surface area is 105 Å². The first-order chi connectivity index (χ1) is 7.86. The molecule has 0 heterocycles. The molecule has 0 saturated heterocycles. The van der Waals surface area contributed by atoms with E-state index in [1.807, 2.05) is 6.07 Å². The number of hydrogen-bond acceptors (Lipinski definition) is 4. The Balaban J connectivity index is 2.45. The molecule has 0 radical (unpaired) electrons. The van der Waals surface area contributed by atoms with E-state index in [2.05, 4.69) is 30.3 Å². The summed E-state index contributed by atoms with van der Waals surface area (Å²) in [6.45, 7) is 0. The van der Waals surface area contributed by atoms with Gasteiger partial charge in [-0.3, -0.25) is 0 Å². The summed E-state index contributed by atoms with van der Waals surface area (Å²) < 4.78 is 0. The van der Waals surface area contributed by atoms with Crippen molar-refractivity contribution in [2.45, 2.75) is 22.6 Å². The minimum atomic E-state index is 0.580. The van der Waals surface area contributed by atoms with Crippen LogP contribution in [-0.4, -0.2) is 11.5 Å². The van der Waals surface area contributed by atoms with E-state index in [9.17, 15) is 0 Å². The molecule has 0 N–H and O–H groups in total. The second-order valence-electron chi connectivity index (χ2n) is 2.99. The Kier molecular flexibility index (Phi) is 6.56. The van der Waals surface area contributed by atoms with Gasteiger partial charge in [0.1, 0.15) is 0 Å². The molecule has 0 fully saturated rings. The van der Waals surface area contributed by atoms with Gasteiger partial charge in [0, 0.05) is 34.1 Å². The molecule has 2 nitrogen and oxygen atoms in total. The fourth-order valence-electron chi connectivity index (χ4n) is 1.08. The molecule has 0 aliphatic heterocycles. The highest BCUT2D eigenvalue weighted by Crippen LogP contribution is 2.25. The molecular weight excluding hydrogens is 236 g/mol. The van der Waals surface area contributed by atoms with Crippen LogP contribution in [0.15, 0.2) is 34.1 Å². The van der Waals surface area contributed by atoms with Crippen molar-refractivity contribution in [3.63, 3.8) is 0 Å². The Morgan fingerprint density at radius 3 is 1.88 bits per heavy atom.